The average molecular weight is 386 g/mol. The van der Waals surface area contributed by atoms with Gasteiger partial charge in [-0.15, -0.1) is 0 Å². The highest BCUT2D eigenvalue weighted by Gasteiger charge is 2.16. The summed E-state index contributed by atoms with van der Waals surface area (Å²) in [4.78, 5) is 4.78. The normalized spacial score (nSPS) is 14.5. The van der Waals surface area contributed by atoms with Crippen LogP contribution < -0.4 is 5.32 Å². The van der Waals surface area contributed by atoms with Crippen LogP contribution in [0.1, 0.15) is 41.7 Å². The Morgan fingerprint density at radius 2 is 1.89 bits per heavy atom. The molecule has 2 heterocycles. The summed E-state index contributed by atoms with van der Waals surface area (Å²) in [6.07, 6.45) is 5.50. The lowest BCUT2D eigenvalue weighted by Crippen LogP contribution is -2.36. The Bertz CT molecular complexity index is 728. The number of thiocarbonyl (C=S) groups is 1. The van der Waals surface area contributed by atoms with Crippen molar-refractivity contribution >= 4 is 23.0 Å². The molecule has 1 aromatic heterocycles. The molecule has 2 aromatic rings. The van der Waals surface area contributed by atoms with E-state index < -0.39 is 0 Å². The fourth-order valence-electron chi connectivity index (χ4n) is 3.90. The van der Waals surface area contributed by atoms with Crippen molar-refractivity contribution in [1.29, 1.82) is 0 Å². The van der Waals surface area contributed by atoms with Crippen molar-refractivity contribution in [3.63, 3.8) is 0 Å². The molecule has 1 saturated heterocycles. The molecule has 27 heavy (non-hydrogen) atoms. The molecule has 1 aromatic carbocycles. The number of nitrogens with zero attached hydrogens (tertiary/aromatic N) is 2. The zero-order valence-corrected chi connectivity index (χ0v) is 17.6. The monoisotopic (exact) mass is 385 g/mol. The molecule has 4 nitrogen and oxygen atoms in total. The molecule has 0 radical (unpaired) electrons. The van der Waals surface area contributed by atoms with E-state index in [0.717, 1.165) is 36.1 Å². The highest BCUT2D eigenvalue weighted by Crippen LogP contribution is 2.23. The molecule has 0 unspecified atom stereocenters. The number of aryl methyl sites for hydroxylation is 3. The average Bonchev–Trinajstić information content (AvgIpc) is 3.30. The fraction of sp³-hybridized carbons (Fsp3) is 0.500. The molecular formula is C22H31N3OS. The van der Waals surface area contributed by atoms with Crippen molar-refractivity contribution in [2.24, 2.45) is 0 Å². The predicted octanol–water partition coefficient (Wildman–Crippen LogP) is 4.89. The van der Waals surface area contributed by atoms with E-state index in [-0.39, 0.29) is 0 Å². The van der Waals surface area contributed by atoms with E-state index in [0.29, 0.717) is 6.54 Å². The van der Waals surface area contributed by atoms with Gasteiger partial charge in [0.25, 0.3) is 0 Å². The maximum atomic E-state index is 5.79. The summed E-state index contributed by atoms with van der Waals surface area (Å²) in [5.41, 5.74) is 4.85. The van der Waals surface area contributed by atoms with E-state index in [4.69, 9.17) is 16.6 Å². The minimum atomic E-state index is 0.697. The summed E-state index contributed by atoms with van der Waals surface area (Å²) in [6, 6.07) is 8.34. The lowest BCUT2D eigenvalue weighted by atomic mass is 10.1. The van der Waals surface area contributed by atoms with Crippen molar-refractivity contribution in [2.75, 3.05) is 31.5 Å². The van der Waals surface area contributed by atoms with Crippen molar-refractivity contribution in [3.05, 3.63) is 53.0 Å². The van der Waals surface area contributed by atoms with Crippen LogP contribution in [0.4, 0.5) is 5.69 Å². The number of anilines is 1. The zero-order valence-electron chi connectivity index (χ0n) is 16.8. The SMILES string of the molecule is Cc1cc(C)c(NC(=S)N(CCCN2CCCC2)Cc2ccco2)c(C)c1. The van der Waals surface area contributed by atoms with Crippen molar-refractivity contribution < 1.29 is 4.42 Å². The quantitative estimate of drug-likeness (QED) is 0.686. The minimum Gasteiger partial charge on any atom is -0.467 e. The second-order valence-electron chi connectivity index (χ2n) is 7.61. The third-order valence-corrected chi connectivity index (χ3v) is 5.58. The molecule has 0 bridgehead atoms. The Morgan fingerprint density at radius 3 is 2.52 bits per heavy atom. The van der Waals surface area contributed by atoms with E-state index >= 15 is 0 Å². The highest BCUT2D eigenvalue weighted by molar-refractivity contribution is 7.80. The number of hydrogen-bond acceptors (Lipinski definition) is 3. The molecule has 0 saturated carbocycles. The lowest BCUT2D eigenvalue weighted by molar-refractivity contribution is 0.298. The van der Waals surface area contributed by atoms with Crippen molar-refractivity contribution in [1.82, 2.24) is 9.80 Å². The number of likely N-dealkylation sites (tertiary alicyclic amines) is 1. The Morgan fingerprint density at radius 1 is 1.19 bits per heavy atom. The standard InChI is InChI=1S/C22H31N3OS/c1-17-14-18(2)21(19(3)15-17)23-22(27)25(16-20-8-6-13-26-20)12-7-11-24-9-4-5-10-24/h6,8,13-15H,4-5,7,9-12,16H2,1-3H3,(H,23,27). The van der Waals surface area contributed by atoms with Crippen LogP contribution in [0, 0.1) is 20.8 Å². The van der Waals surface area contributed by atoms with Crippen LogP contribution in [0.25, 0.3) is 0 Å². The van der Waals surface area contributed by atoms with Gasteiger partial charge in [0.1, 0.15) is 5.76 Å². The molecule has 5 heteroatoms. The summed E-state index contributed by atoms with van der Waals surface area (Å²) in [6.45, 7) is 11.6. The van der Waals surface area contributed by atoms with E-state index in [2.05, 4.69) is 48.0 Å². The molecule has 0 atom stereocenters. The van der Waals surface area contributed by atoms with Crippen LogP contribution in [0.15, 0.2) is 34.9 Å². The van der Waals surface area contributed by atoms with Crippen LogP contribution in [0.5, 0.6) is 0 Å². The molecule has 0 amide bonds. The van der Waals surface area contributed by atoms with Gasteiger partial charge in [0.2, 0.25) is 0 Å². The lowest BCUT2D eigenvalue weighted by Gasteiger charge is -2.27. The first-order valence-corrected chi connectivity index (χ1v) is 10.3. The van der Waals surface area contributed by atoms with Gasteiger partial charge in [-0.25, -0.2) is 0 Å². The van der Waals surface area contributed by atoms with E-state index in [1.807, 2.05) is 12.1 Å². The zero-order chi connectivity index (χ0) is 19.2. The number of benzene rings is 1. The van der Waals surface area contributed by atoms with Crippen LogP contribution in [0.3, 0.4) is 0 Å². The van der Waals surface area contributed by atoms with Gasteiger partial charge in [-0.1, -0.05) is 17.7 Å². The summed E-state index contributed by atoms with van der Waals surface area (Å²) in [5.74, 6) is 0.942. The summed E-state index contributed by atoms with van der Waals surface area (Å²) < 4.78 is 5.57. The van der Waals surface area contributed by atoms with Gasteiger partial charge in [0.15, 0.2) is 5.11 Å². The van der Waals surface area contributed by atoms with Gasteiger partial charge in [-0.2, -0.15) is 0 Å². The number of furan rings is 1. The molecule has 0 spiro atoms. The second-order valence-corrected chi connectivity index (χ2v) is 7.99. The molecule has 3 rings (SSSR count). The Balaban J connectivity index is 1.66. The molecule has 1 N–H and O–H groups in total. The van der Waals surface area contributed by atoms with Crippen LogP contribution in [0.2, 0.25) is 0 Å². The van der Waals surface area contributed by atoms with E-state index in [9.17, 15) is 0 Å². The number of hydrogen-bond donors (Lipinski definition) is 1. The van der Waals surface area contributed by atoms with Crippen LogP contribution in [-0.4, -0.2) is 41.1 Å². The van der Waals surface area contributed by atoms with Gasteiger partial charge < -0.3 is 19.5 Å². The maximum absolute atomic E-state index is 5.79. The van der Waals surface area contributed by atoms with Gasteiger partial charge >= 0.3 is 0 Å². The van der Waals surface area contributed by atoms with Crippen LogP contribution in [-0.2, 0) is 6.54 Å². The first-order valence-electron chi connectivity index (χ1n) is 9.91. The van der Waals surface area contributed by atoms with E-state index in [1.54, 1.807) is 6.26 Å². The molecular weight excluding hydrogens is 354 g/mol. The molecule has 1 fully saturated rings. The Labute approximate surface area is 168 Å². The van der Waals surface area contributed by atoms with E-state index in [1.165, 1.54) is 42.6 Å². The summed E-state index contributed by atoms with van der Waals surface area (Å²) >= 11 is 5.79. The number of nitrogens with one attached hydrogen (secondary N) is 1. The smallest absolute Gasteiger partial charge is 0.173 e. The summed E-state index contributed by atoms with van der Waals surface area (Å²) in [7, 11) is 0. The topological polar surface area (TPSA) is 31.6 Å². The molecule has 146 valence electrons. The Kier molecular flexibility index (Phi) is 6.91. The van der Waals surface area contributed by atoms with Gasteiger partial charge in [0.05, 0.1) is 12.8 Å². The largest absolute Gasteiger partial charge is 0.467 e. The maximum Gasteiger partial charge on any atom is 0.173 e. The third kappa shape index (κ3) is 5.56. The van der Waals surface area contributed by atoms with Crippen molar-refractivity contribution in [3.8, 4) is 0 Å². The first kappa shape index (κ1) is 19.9. The molecule has 1 aliphatic rings. The van der Waals surface area contributed by atoms with Crippen LogP contribution >= 0.6 is 12.2 Å². The minimum absolute atomic E-state index is 0.697. The fourth-order valence-corrected chi connectivity index (χ4v) is 4.16. The number of rotatable bonds is 7. The molecule has 0 aliphatic carbocycles. The highest BCUT2D eigenvalue weighted by atomic mass is 32.1. The Hall–Kier alpha value is -1.85. The van der Waals surface area contributed by atoms with Gasteiger partial charge in [-0.3, -0.25) is 0 Å². The van der Waals surface area contributed by atoms with Crippen molar-refractivity contribution in [2.45, 2.75) is 46.6 Å². The predicted molar refractivity (Wildman–Crippen MR) is 116 cm³/mol. The molecule has 1 aliphatic heterocycles. The first-order chi connectivity index (χ1) is 13.0. The van der Waals surface area contributed by atoms with Gasteiger partial charge in [0, 0.05) is 12.2 Å². The third-order valence-electron chi connectivity index (χ3n) is 5.22. The second kappa shape index (κ2) is 9.38. The van der Waals surface area contributed by atoms with Gasteiger partial charge in [-0.05, 0) is 95.1 Å². The summed E-state index contributed by atoms with van der Waals surface area (Å²) in [5, 5.41) is 4.27.